The number of rotatable bonds is 4. The van der Waals surface area contributed by atoms with Crippen molar-refractivity contribution in [2.75, 3.05) is 18.6 Å². The van der Waals surface area contributed by atoms with Crippen LogP contribution in [0.1, 0.15) is 32.6 Å². The molecule has 0 aromatic carbocycles. The molecule has 2 fully saturated rings. The molecule has 1 heterocycles. The Hall–Kier alpha value is -0.220. The highest BCUT2D eigenvalue weighted by Gasteiger charge is 2.47. The molecule has 1 saturated carbocycles. The number of nitrogens with zero attached hydrogens (tertiary/aromatic N) is 1. The molecule has 0 amide bonds. The zero-order valence-corrected chi connectivity index (χ0v) is 10.9. The lowest BCUT2D eigenvalue weighted by molar-refractivity contribution is -0.151. The van der Waals surface area contributed by atoms with Crippen LogP contribution in [0.3, 0.4) is 0 Å². The molecule has 16 heavy (non-hydrogen) atoms. The monoisotopic (exact) mass is 243 g/mol. The van der Waals surface area contributed by atoms with E-state index in [1.165, 1.54) is 12.8 Å². The molecule has 92 valence electrons. The first-order chi connectivity index (χ1) is 7.58. The van der Waals surface area contributed by atoms with Crippen molar-refractivity contribution in [1.29, 1.82) is 0 Å². The fraction of sp³-hybridized carbons (Fsp3) is 0.917. The third-order valence-electron chi connectivity index (χ3n) is 4.21. The van der Waals surface area contributed by atoms with Crippen molar-refractivity contribution in [2.45, 2.75) is 44.2 Å². The van der Waals surface area contributed by atoms with Crippen molar-refractivity contribution in [3.63, 3.8) is 0 Å². The normalized spacial score (nSPS) is 32.7. The number of likely N-dealkylation sites (N-methyl/N-ethyl adjacent to an activating group) is 1. The van der Waals surface area contributed by atoms with Gasteiger partial charge >= 0.3 is 5.97 Å². The van der Waals surface area contributed by atoms with Crippen LogP contribution in [0.25, 0.3) is 0 Å². The van der Waals surface area contributed by atoms with Crippen LogP contribution in [0.2, 0.25) is 0 Å². The highest BCUT2D eigenvalue weighted by Crippen LogP contribution is 2.40. The van der Waals surface area contributed by atoms with E-state index in [0.29, 0.717) is 6.04 Å². The second-order valence-electron chi connectivity index (χ2n) is 5.18. The van der Waals surface area contributed by atoms with Crippen molar-refractivity contribution < 1.29 is 9.90 Å². The first-order valence-electron chi connectivity index (χ1n) is 6.12. The van der Waals surface area contributed by atoms with Gasteiger partial charge in [0.1, 0.15) is 5.54 Å². The van der Waals surface area contributed by atoms with Crippen LogP contribution in [0.4, 0.5) is 0 Å². The van der Waals surface area contributed by atoms with Gasteiger partial charge in [-0.25, -0.2) is 0 Å². The SMILES string of the molecule is CC(C1CC1)N(C)C1(C(=O)O)CCCSC1. The third-order valence-corrected chi connectivity index (χ3v) is 5.47. The molecule has 3 nitrogen and oxygen atoms in total. The van der Waals surface area contributed by atoms with Gasteiger partial charge in [0.05, 0.1) is 0 Å². The van der Waals surface area contributed by atoms with Gasteiger partial charge in [-0.15, -0.1) is 0 Å². The summed E-state index contributed by atoms with van der Waals surface area (Å²) in [5, 5.41) is 9.56. The van der Waals surface area contributed by atoms with Gasteiger partial charge < -0.3 is 5.11 Å². The number of hydrogen-bond donors (Lipinski definition) is 1. The molecular formula is C12H21NO2S. The molecule has 1 saturated heterocycles. The Morgan fingerprint density at radius 3 is 2.69 bits per heavy atom. The van der Waals surface area contributed by atoms with E-state index in [1.54, 1.807) is 11.8 Å². The predicted octanol–water partition coefficient (Wildman–Crippen LogP) is 2.07. The summed E-state index contributed by atoms with van der Waals surface area (Å²) < 4.78 is 0. The quantitative estimate of drug-likeness (QED) is 0.820. The first-order valence-corrected chi connectivity index (χ1v) is 7.27. The standard InChI is InChI=1S/C12H21NO2S/c1-9(10-4-5-10)13(2)12(11(14)15)6-3-7-16-8-12/h9-10H,3-8H2,1-2H3,(H,14,15). The van der Waals surface area contributed by atoms with E-state index in [1.807, 2.05) is 7.05 Å². The fourth-order valence-electron chi connectivity index (χ4n) is 2.66. The largest absolute Gasteiger partial charge is 0.480 e. The zero-order chi connectivity index (χ0) is 11.8. The van der Waals surface area contributed by atoms with Gasteiger partial charge in [-0.2, -0.15) is 11.8 Å². The van der Waals surface area contributed by atoms with Gasteiger partial charge in [-0.1, -0.05) is 0 Å². The summed E-state index contributed by atoms with van der Waals surface area (Å²) in [6, 6.07) is 0.412. The Morgan fingerprint density at radius 2 is 2.25 bits per heavy atom. The van der Waals surface area contributed by atoms with Crippen molar-refractivity contribution in [3.05, 3.63) is 0 Å². The Morgan fingerprint density at radius 1 is 1.56 bits per heavy atom. The minimum atomic E-state index is -0.630. The maximum atomic E-state index is 11.6. The number of carbonyl (C=O) groups is 1. The minimum Gasteiger partial charge on any atom is -0.480 e. The van der Waals surface area contributed by atoms with E-state index in [4.69, 9.17) is 0 Å². The predicted molar refractivity (Wildman–Crippen MR) is 66.9 cm³/mol. The maximum Gasteiger partial charge on any atom is 0.324 e. The van der Waals surface area contributed by atoms with Crippen LogP contribution in [0.15, 0.2) is 0 Å². The number of thioether (sulfide) groups is 1. The van der Waals surface area contributed by atoms with Crippen molar-refractivity contribution >= 4 is 17.7 Å². The molecule has 2 unspecified atom stereocenters. The lowest BCUT2D eigenvalue weighted by Crippen LogP contribution is -2.59. The highest BCUT2D eigenvalue weighted by molar-refractivity contribution is 7.99. The van der Waals surface area contributed by atoms with Crippen LogP contribution in [-0.4, -0.2) is 46.1 Å². The molecule has 1 aliphatic carbocycles. The van der Waals surface area contributed by atoms with Gasteiger partial charge in [0.2, 0.25) is 0 Å². The molecule has 1 N–H and O–H groups in total. The molecular weight excluding hydrogens is 222 g/mol. The Balaban J connectivity index is 2.13. The van der Waals surface area contributed by atoms with Crippen LogP contribution >= 0.6 is 11.8 Å². The summed E-state index contributed by atoms with van der Waals surface area (Å²) in [6.45, 7) is 2.18. The summed E-state index contributed by atoms with van der Waals surface area (Å²) in [7, 11) is 2.00. The summed E-state index contributed by atoms with van der Waals surface area (Å²) in [4.78, 5) is 13.7. The van der Waals surface area contributed by atoms with Crippen LogP contribution in [0, 0.1) is 5.92 Å². The van der Waals surface area contributed by atoms with Gasteiger partial charge in [-0.05, 0) is 51.3 Å². The Kier molecular flexibility index (Phi) is 3.50. The molecule has 2 atom stereocenters. The van der Waals surface area contributed by atoms with Crippen LogP contribution in [0.5, 0.6) is 0 Å². The lowest BCUT2D eigenvalue weighted by Gasteiger charge is -2.44. The van der Waals surface area contributed by atoms with E-state index in [9.17, 15) is 9.90 Å². The van der Waals surface area contributed by atoms with E-state index in [0.717, 1.165) is 30.3 Å². The van der Waals surface area contributed by atoms with Crippen LogP contribution < -0.4 is 0 Å². The van der Waals surface area contributed by atoms with Gasteiger partial charge in [-0.3, -0.25) is 9.69 Å². The molecule has 1 aliphatic heterocycles. The molecule has 0 radical (unpaired) electrons. The lowest BCUT2D eigenvalue weighted by atomic mass is 9.91. The van der Waals surface area contributed by atoms with E-state index >= 15 is 0 Å². The van der Waals surface area contributed by atoms with Gasteiger partial charge in [0.15, 0.2) is 0 Å². The number of carboxylic acids is 1. The van der Waals surface area contributed by atoms with Crippen molar-refractivity contribution in [1.82, 2.24) is 4.90 Å². The van der Waals surface area contributed by atoms with E-state index in [-0.39, 0.29) is 0 Å². The highest BCUT2D eigenvalue weighted by atomic mass is 32.2. The summed E-state index contributed by atoms with van der Waals surface area (Å²) >= 11 is 1.79. The second-order valence-corrected chi connectivity index (χ2v) is 6.29. The number of carboxylic acid groups (broad SMARTS) is 1. The third kappa shape index (κ3) is 2.09. The smallest absolute Gasteiger partial charge is 0.324 e. The summed E-state index contributed by atoms with van der Waals surface area (Å²) in [6.07, 6.45) is 4.38. The maximum absolute atomic E-state index is 11.6. The average molecular weight is 243 g/mol. The topological polar surface area (TPSA) is 40.5 Å². The van der Waals surface area contributed by atoms with Crippen molar-refractivity contribution in [2.24, 2.45) is 5.92 Å². The molecule has 0 spiro atoms. The Labute approximate surface area is 102 Å². The van der Waals surface area contributed by atoms with Crippen molar-refractivity contribution in [3.8, 4) is 0 Å². The van der Waals surface area contributed by atoms with Crippen LogP contribution in [-0.2, 0) is 4.79 Å². The second kappa shape index (κ2) is 4.57. The first kappa shape index (κ1) is 12.2. The summed E-state index contributed by atoms with van der Waals surface area (Å²) in [5.74, 6) is 1.96. The molecule has 0 aromatic heterocycles. The fourth-order valence-corrected chi connectivity index (χ4v) is 3.96. The van der Waals surface area contributed by atoms with E-state index < -0.39 is 11.5 Å². The number of hydrogen-bond acceptors (Lipinski definition) is 3. The molecule has 2 rings (SSSR count). The molecule has 4 heteroatoms. The summed E-state index contributed by atoms with van der Waals surface area (Å²) in [5.41, 5.74) is -0.606. The molecule has 2 aliphatic rings. The molecule has 0 aromatic rings. The zero-order valence-electron chi connectivity index (χ0n) is 10.1. The van der Waals surface area contributed by atoms with E-state index in [2.05, 4.69) is 11.8 Å². The van der Waals surface area contributed by atoms with Gasteiger partial charge in [0, 0.05) is 11.8 Å². The van der Waals surface area contributed by atoms with Gasteiger partial charge in [0.25, 0.3) is 0 Å². The Bertz CT molecular complexity index is 272. The average Bonchev–Trinajstić information content (AvgIpc) is 3.11. The number of aliphatic carboxylic acids is 1. The molecule has 0 bridgehead atoms. The minimum absolute atomic E-state index is 0.412.